The van der Waals surface area contributed by atoms with E-state index < -0.39 is 11.4 Å². The highest BCUT2D eigenvalue weighted by molar-refractivity contribution is 5.94. The third kappa shape index (κ3) is 4.91. The fraction of sp³-hybridized carbons (Fsp3) is 0.148. The van der Waals surface area contributed by atoms with E-state index in [0.717, 1.165) is 11.6 Å². The number of benzene rings is 3. The Morgan fingerprint density at radius 3 is 2.66 bits per heavy atom. The number of aromatic nitrogens is 2. The third-order valence-corrected chi connectivity index (χ3v) is 5.63. The van der Waals surface area contributed by atoms with Crippen LogP contribution < -0.4 is 19.9 Å². The van der Waals surface area contributed by atoms with Gasteiger partial charge in [-0.25, -0.2) is 9.37 Å². The number of ether oxygens (including phenoxy) is 2. The number of anilines is 1. The smallest absolute Gasteiger partial charge is 0.261 e. The molecule has 7 nitrogen and oxygen atoms in total. The van der Waals surface area contributed by atoms with E-state index in [0.29, 0.717) is 35.9 Å². The summed E-state index contributed by atoms with van der Waals surface area (Å²) in [6.07, 6.45) is 5.11. The van der Waals surface area contributed by atoms with Crippen LogP contribution in [0.1, 0.15) is 5.56 Å². The van der Waals surface area contributed by atoms with E-state index in [4.69, 9.17) is 9.47 Å². The van der Waals surface area contributed by atoms with Crippen molar-refractivity contribution in [2.24, 2.45) is 0 Å². The van der Waals surface area contributed by atoms with Crippen LogP contribution >= 0.6 is 0 Å². The summed E-state index contributed by atoms with van der Waals surface area (Å²) < 4.78 is 26.2. The van der Waals surface area contributed by atoms with Gasteiger partial charge in [0.2, 0.25) is 5.91 Å². The van der Waals surface area contributed by atoms with E-state index >= 15 is 0 Å². The fourth-order valence-corrected chi connectivity index (χ4v) is 3.88. The first-order valence-corrected chi connectivity index (χ1v) is 11.1. The van der Waals surface area contributed by atoms with Crippen molar-refractivity contribution in [3.8, 4) is 11.5 Å². The fourth-order valence-electron chi connectivity index (χ4n) is 3.88. The molecule has 35 heavy (non-hydrogen) atoms. The van der Waals surface area contributed by atoms with Crippen LogP contribution in [0.3, 0.4) is 0 Å². The number of carbonyl (C=O) groups excluding carboxylic acids is 1. The zero-order valence-corrected chi connectivity index (χ0v) is 18.8. The van der Waals surface area contributed by atoms with Gasteiger partial charge in [-0.3, -0.25) is 14.2 Å². The number of fused-ring (bicyclic) bond motifs is 2. The summed E-state index contributed by atoms with van der Waals surface area (Å²) in [7, 11) is 0. The molecule has 0 saturated heterocycles. The Hall–Kier alpha value is -4.46. The Labute approximate surface area is 200 Å². The Morgan fingerprint density at radius 2 is 1.83 bits per heavy atom. The molecule has 1 aliphatic rings. The Kier molecular flexibility index (Phi) is 6.26. The molecule has 176 valence electrons. The monoisotopic (exact) mass is 471 g/mol. The van der Waals surface area contributed by atoms with Gasteiger partial charge in [0.1, 0.15) is 25.6 Å². The average molecular weight is 471 g/mol. The van der Waals surface area contributed by atoms with Crippen molar-refractivity contribution in [1.29, 1.82) is 0 Å². The van der Waals surface area contributed by atoms with Crippen LogP contribution in [0.25, 0.3) is 17.0 Å². The van der Waals surface area contributed by atoms with Crippen molar-refractivity contribution in [2.75, 3.05) is 24.7 Å². The predicted octanol–water partition coefficient (Wildman–Crippen LogP) is 4.05. The number of amides is 1. The molecule has 2 heterocycles. The van der Waals surface area contributed by atoms with Gasteiger partial charge in [0.15, 0.2) is 11.5 Å². The average Bonchev–Trinajstić information content (AvgIpc) is 2.89. The first-order chi connectivity index (χ1) is 17.1. The lowest BCUT2D eigenvalue weighted by Crippen LogP contribution is -2.37. The second-order valence-corrected chi connectivity index (χ2v) is 7.98. The topological polar surface area (TPSA) is 73.7 Å². The van der Waals surface area contributed by atoms with Crippen LogP contribution in [0.4, 0.5) is 10.1 Å². The lowest BCUT2D eigenvalue weighted by atomic mass is 10.2. The van der Waals surface area contributed by atoms with Crippen LogP contribution in [0.2, 0.25) is 0 Å². The number of carbonyl (C=O) groups is 1. The number of hydrogen-bond acceptors (Lipinski definition) is 5. The van der Waals surface area contributed by atoms with Crippen LogP contribution in [0.5, 0.6) is 11.5 Å². The Morgan fingerprint density at radius 1 is 1.03 bits per heavy atom. The zero-order chi connectivity index (χ0) is 24.2. The maximum absolute atomic E-state index is 13.7. The minimum atomic E-state index is -0.538. The summed E-state index contributed by atoms with van der Waals surface area (Å²) in [5.41, 5.74) is 1.49. The SMILES string of the molecule is O=C(Cn1cnc2ccc(F)cc2c1=O)N(C/C=C/c1ccccc1)c1ccc2c(c1)OCCO2. The molecule has 0 bridgehead atoms. The van der Waals surface area contributed by atoms with Crippen molar-refractivity contribution in [3.63, 3.8) is 0 Å². The second-order valence-electron chi connectivity index (χ2n) is 7.98. The third-order valence-electron chi connectivity index (χ3n) is 5.63. The molecule has 1 amide bonds. The summed E-state index contributed by atoms with van der Waals surface area (Å²) >= 11 is 0. The Balaban J connectivity index is 1.45. The maximum Gasteiger partial charge on any atom is 0.261 e. The van der Waals surface area contributed by atoms with Gasteiger partial charge < -0.3 is 14.4 Å². The summed E-state index contributed by atoms with van der Waals surface area (Å²) in [5.74, 6) is 0.297. The largest absolute Gasteiger partial charge is 0.486 e. The highest BCUT2D eigenvalue weighted by Gasteiger charge is 2.20. The van der Waals surface area contributed by atoms with Crippen LogP contribution in [-0.2, 0) is 11.3 Å². The van der Waals surface area contributed by atoms with Gasteiger partial charge in [0, 0.05) is 18.3 Å². The molecule has 1 aliphatic heterocycles. The van der Waals surface area contributed by atoms with Crippen molar-refractivity contribution in [2.45, 2.75) is 6.54 Å². The molecule has 3 aromatic carbocycles. The van der Waals surface area contributed by atoms with Crippen LogP contribution in [0, 0.1) is 5.82 Å². The van der Waals surface area contributed by atoms with Crippen LogP contribution in [-0.4, -0.2) is 35.2 Å². The Bertz CT molecular complexity index is 1470. The quantitative estimate of drug-likeness (QED) is 0.424. The number of rotatable bonds is 6. The molecule has 0 unspecified atom stereocenters. The molecule has 5 rings (SSSR count). The van der Waals surface area contributed by atoms with Gasteiger partial charge in [-0.15, -0.1) is 0 Å². The van der Waals surface area contributed by atoms with Crippen molar-refractivity contribution in [1.82, 2.24) is 9.55 Å². The molecule has 0 aliphatic carbocycles. The van der Waals surface area contributed by atoms with E-state index in [1.165, 1.54) is 23.0 Å². The second kappa shape index (κ2) is 9.80. The number of nitrogens with zero attached hydrogens (tertiary/aromatic N) is 3. The molecular formula is C27H22FN3O4. The summed E-state index contributed by atoms with van der Waals surface area (Å²) in [6.45, 7) is 0.893. The van der Waals surface area contributed by atoms with Crippen molar-refractivity contribution < 1.29 is 18.7 Å². The first kappa shape index (κ1) is 22.3. The minimum Gasteiger partial charge on any atom is -0.486 e. The normalized spacial score (nSPS) is 12.7. The molecule has 0 N–H and O–H groups in total. The van der Waals surface area contributed by atoms with E-state index in [1.807, 2.05) is 42.5 Å². The molecule has 1 aromatic heterocycles. The van der Waals surface area contributed by atoms with Gasteiger partial charge in [0.05, 0.1) is 17.2 Å². The summed E-state index contributed by atoms with van der Waals surface area (Å²) in [4.78, 5) is 32.1. The van der Waals surface area contributed by atoms with E-state index in [9.17, 15) is 14.0 Å². The van der Waals surface area contributed by atoms with Gasteiger partial charge in [-0.05, 0) is 35.9 Å². The summed E-state index contributed by atoms with van der Waals surface area (Å²) in [6, 6.07) is 18.8. The van der Waals surface area contributed by atoms with Crippen molar-refractivity contribution in [3.05, 3.63) is 101 Å². The minimum absolute atomic E-state index is 0.121. The van der Waals surface area contributed by atoms with E-state index in [1.54, 1.807) is 23.1 Å². The molecule has 0 radical (unpaired) electrons. The molecular weight excluding hydrogens is 449 g/mol. The number of hydrogen-bond donors (Lipinski definition) is 0. The number of halogens is 1. The predicted molar refractivity (Wildman–Crippen MR) is 131 cm³/mol. The molecule has 4 aromatic rings. The van der Waals surface area contributed by atoms with E-state index in [2.05, 4.69) is 4.98 Å². The molecule has 0 fully saturated rings. The van der Waals surface area contributed by atoms with E-state index in [-0.39, 0.29) is 24.4 Å². The van der Waals surface area contributed by atoms with Crippen LogP contribution in [0.15, 0.2) is 83.9 Å². The molecule has 8 heteroatoms. The lowest BCUT2D eigenvalue weighted by molar-refractivity contribution is -0.119. The highest BCUT2D eigenvalue weighted by atomic mass is 19.1. The zero-order valence-electron chi connectivity index (χ0n) is 18.8. The molecule has 0 atom stereocenters. The first-order valence-electron chi connectivity index (χ1n) is 11.1. The lowest BCUT2D eigenvalue weighted by Gasteiger charge is -2.25. The van der Waals surface area contributed by atoms with Gasteiger partial charge in [0.25, 0.3) is 5.56 Å². The maximum atomic E-state index is 13.7. The molecule has 0 spiro atoms. The van der Waals surface area contributed by atoms with Gasteiger partial charge in [-0.1, -0.05) is 42.5 Å². The highest BCUT2D eigenvalue weighted by Crippen LogP contribution is 2.34. The van der Waals surface area contributed by atoms with Gasteiger partial charge >= 0.3 is 0 Å². The summed E-state index contributed by atoms with van der Waals surface area (Å²) in [5, 5.41) is 0.121. The van der Waals surface area contributed by atoms with Gasteiger partial charge in [-0.2, -0.15) is 0 Å². The standard InChI is InChI=1S/C27H22FN3O4/c28-20-8-10-23-22(15-20)27(33)30(18-29-23)17-26(32)31(12-4-7-19-5-2-1-3-6-19)21-9-11-24-25(16-21)35-14-13-34-24/h1-11,15-16,18H,12-14,17H2/b7-4+. The van der Waals surface area contributed by atoms with Crippen molar-refractivity contribution >= 4 is 28.6 Å². The molecule has 0 saturated carbocycles.